The Morgan fingerprint density at radius 3 is 2.51 bits per heavy atom. The molecule has 0 aliphatic carbocycles. The summed E-state index contributed by atoms with van der Waals surface area (Å²) in [7, 11) is -3.37. The normalized spacial score (nSPS) is 30.0. The van der Waals surface area contributed by atoms with Crippen LogP contribution in [0.4, 0.5) is 11.6 Å². The number of hydrazine groups is 1. The van der Waals surface area contributed by atoms with E-state index < -0.39 is 9.84 Å². The van der Waals surface area contributed by atoms with E-state index in [0.717, 1.165) is 42.4 Å². The highest BCUT2D eigenvalue weighted by Crippen LogP contribution is 2.41. The summed E-state index contributed by atoms with van der Waals surface area (Å²) in [6.07, 6.45) is 11.7. The van der Waals surface area contributed by atoms with Gasteiger partial charge in [-0.1, -0.05) is 6.92 Å². The molecular weight excluding hydrogens is 482 g/mol. The van der Waals surface area contributed by atoms with E-state index in [4.69, 9.17) is 4.98 Å². The van der Waals surface area contributed by atoms with E-state index in [1.165, 1.54) is 25.3 Å². The second kappa shape index (κ2) is 10.0. The van der Waals surface area contributed by atoms with Crippen molar-refractivity contribution in [3.05, 3.63) is 18.3 Å². The first kappa shape index (κ1) is 25.0. The molecule has 6 atom stereocenters. The fourth-order valence-corrected chi connectivity index (χ4v) is 7.47. The van der Waals surface area contributed by atoms with Crippen molar-refractivity contribution in [3.63, 3.8) is 0 Å². The summed E-state index contributed by atoms with van der Waals surface area (Å²) < 4.78 is 24.5. The molecule has 5 rings (SSSR count). The summed E-state index contributed by atoms with van der Waals surface area (Å²) in [6, 6.07) is 5.43. The van der Waals surface area contributed by atoms with Gasteiger partial charge in [0.15, 0.2) is 9.84 Å². The van der Waals surface area contributed by atoms with Gasteiger partial charge in [-0.05, 0) is 57.8 Å². The SMILES string of the molecule is CCC(SC)N1[C@@H]2CC[C@H]1CC(Nc1nc(NC3CC(C)NN3)cc3ncc(S(C)(=O)=O)cc13)C2. The zero-order valence-electron chi connectivity index (χ0n) is 20.9. The Kier molecular flexibility index (Phi) is 7.15. The molecule has 3 fully saturated rings. The molecule has 5 heterocycles. The van der Waals surface area contributed by atoms with Crippen molar-refractivity contribution in [1.29, 1.82) is 0 Å². The second-order valence-corrected chi connectivity index (χ2v) is 13.3. The molecule has 4 N–H and O–H groups in total. The number of hydrogen-bond acceptors (Lipinski definition) is 10. The summed E-state index contributed by atoms with van der Waals surface area (Å²) in [5.74, 6) is 1.43. The molecule has 0 radical (unpaired) electrons. The number of piperidine rings is 1. The number of sulfone groups is 1. The van der Waals surface area contributed by atoms with E-state index in [9.17, 15) is 8.42 Å². The smallest absolute Gasteiger partial charge is 0.177 e. The molecular formula is C24H37N7O2S2. The molecule has 0 amide bonds. The van der Waals surface area contributed by atoms with Gasteiger partial charge >= 0.3 is 0 Å². The number of anilines is 2. The summed E-state index contributed by atoms with van der Waals surface area (Å²) in [5, 5.41) is 8.50. The summed E-state index contributed by atoms with van der Waals surface area (Å²) in [5.41, 5.74) is 7.20. The van der Waals surface area contributed by atoms with E-state index in [1.54, 1.807) is 6.07 Å². The predicted molar refractivity (Wildman–Crippen MR) is 143 cm³/mol. The van der Waals surface area contributed by atoms with Crippen LogP contribution in [0.25, 0.3) is 10.9 Å². The zero-order chi connectivity index (χ0) is 24.7. The predicted octanol–water partition coefficient (Wildman–Crippen LogP) is 3.16. The van der Waals surface area contributed by atoms with Crippen LogP contribution in [0.1, 0.15) is 52.4 Å². The number of thioether (sulfide) groups is 1. The summed E-state index contributed by atoms with van der Waals surface area (Å²) >= 11 is 1.96. The molecule has 0 spiro atoms. The molecule has 3 aliphatic rings. The standard InChI is InChI=1S/C24H37N7O2S2/c1-5-23(34-3)31-16-6-7-17(31)10-15(9-16)26-24-19-11-18(35(4,32)33)13-25-20(19)12-21(28-24)27-22-8-14(2)29-30-22/h11-17,22-23,29-30H,5-10H2,1-4H3,(H2,26,27,28)/t14?,15?,16-,17+,22?,23?. The Bertz CT molecular complexity index is 1160. The van der Waals surface area contributed by atoms with Crippen molar-refractivity contribution >= 4 is 44.1 Å². The number of pyridine rings is 2. The molecule has 0 aromatic carbocycles. The van der Waals surface area contributed by atoms with Crippen LogP contribution in [0, 0.1) is 0 Å². The Balaban J connectivity index is 1.44. The molecule has 2 aromatic heterocycles. The minimum Gasteiger partial charge on any atom is -0.367 e. The van der Waals surface area contributed by atoms with Crippen molar-refractivity contribution in [2.45, 2.75) is 93.0 Å². The molecule has 0 saturated carbocycles. The molecule has 9 nitrogen and oxygen atoms in total. The van der Waals surface area contributed by atoms with Crippen molar-refractivity contribution < 1.29 is 8.42 Å². The van der Waals surface area contributed by atoms with Gasteiger partial charge < -0.3 is 10.6 Å². The highest BCUT2D eigenvalue weighted by Gasteiger charge is 2.43. The van der Waals surface area contributed by atoms with Gasteiger partial charge in [0.1, 0.15) is 11.6 Å². The maximum absolute atomic E-state index is 12.2. The average Bonchev–Trinajstić information content (AvgIpc) is 3.33. The summed E-state index contributed by atoms with van der Waals surface area (Å²) in [6.45, 7) is 4.41. The number of nitrogens with one attached hydrogen (secondary N) is 4. The number of aromatic nitrogens is 2. The fraction of sp³-hybridized carbons (Fsp3) is 0.667. The minimum atomic E-state index is -3.37. The van der Waals surface area contributed by atoms with E-state index >= 15 is 0 Å². The van der Waals surface area contributed by atoms with Crippen LogP contribution in [0.15, 0.2) is 23.2 Å². The van der Waals surface area contributed by atoms with Crippen molar-refractivity contribution in [3.8, 4) is 0 Å². The lowest BCUT2D eigenvalue weighted by Crippen LogP contribution is -2.50. The first-order valence-corrected chi connectivity index (χ1v) is 15.8. The molecule has 3 aliphatic heterocycles. The molecule has 192 valence electrons. The number of fused-ring (bicyclic) bond motifs is 3. The highest BCUT2D eigenvalue weighted by molar-refractivity contribution is 7.99. The summed E-state index contributed by atoms with van der Waals surface area (Å²) in [4.78, 5) is 12.4. The van der Waals surface area contributed by atoms with Gasteiger partial charge in [0.2, 0.25) is 0 Å². The Labute approximate surface area is 212 Å². The van der Waals surface area contributed by atoms with Gasteiger partial charge in [-0.15, -0.1) is 11.8 Å². The molecule has 4 unspecified atom stereocenters. The fourth-order valence-electron chi connectivity index (χ4n) is 5.97. The van der Waals surface area contributed by atoms with Crippen LogP contribution in [-0.2, 0) is 9.84 Å². The molecule has 2 aromatic rings. The third-order valence-corrected chi connectivity index (χ3v) is 9.78. The topological polar surface area (TPSA) is 111 Å². The zero-order valence-corrected chi connectivity index (χ0v) is 22.5. The van der Waals surface area contributed by atoms with Crippen LogP contribution >= 0.6 is 11.8 Å². The lowest BCUT2D eigenvalue weighted by Gasteiger charge is -2.43. The maximum atomic E-state index is 12.2. The first-order valence-electron chi connectivity index (χ1n) is 12.6. The van der Waals surface area contributed by atoms with Crippen LogP contribution in [0.2, 0.25) is 0 Å². The number of rotatable bonds is 8. The monoisotopic (exact) mass is 519 g/mol. The van der Waals surface area contributed by atoms with E-state index in [-0.39, 0.29) is 11.1 Å². The molecule has 11 heteroatoms. The third-order valence-electron chi connectivity index (χ3n) is 7.58. The van der Waals surface area contributed by atoms with Gasteiger partial charge in [0.05, 0.1) is 22.0 Å². The van der Waals surface area contributed by atoms with Crippen molar-refractivity contribution in [1.82, 2.24) is 25.7 Å². The highest BCUT2D eigenvalue weighted by atomic mass is 32.2. The molecule has 35 heavy (non-hydrogen) atoms. The Morgan fingerprint density at radius 2 is 1.91 bits per heavy atom. The van der Waals surface area contributed by atoms with Gasteiger partial charge in [-0.2, -0.15) is 0 Å². The Morgan fingerprint density at radius 1 is 1.17 bits per heavy atom. The van der Waals surface area contributed by atoms with Gasteiger partial charge in [0, 0.05) is 48.1 Å². The molecule has 2 bridgehead atoms. The quantitative estimate of drug-likeness (QED) is 0.415. The van der Waals surface area contributed by atoms with Crippen LogP contribution in [-0.4, -0.2) is 71.5 Å². The number of nitrogens with zero attached hydrogens (tertiary/aromatic N) is 3. The average molecular weight is 520 g/mol. The lowest BCUT2D eigenvalue weighted by atomic mass is 9.96. The van der Waals surface area contributed by atoms with Crippen molar-refractivity contribution in [2.24, 2.45) is 0 Å². The molecule has 3 saturated heterocycles. The van der Waals surface area contributed by atoms with Gasteiger partial charge in [-0.25, -0.2) is 18.8 Å². The van der Waals surface area contributed by atoms with E-state index in [1.807, 2.05) is 17.8 Å². The first-order chi connectivity index (χ1) is 16.7. The van der Waals surface area contributed by atoms with Crippen LogP contribution in [0.3, 0.4) is 0 Å². The van der Waals surface area contributed by atoms with Crippen LogP contribution in [0.5, 0.6) is 0 Å². The second-order valence-electron chi connectivity index (χ2n) is 10.2. The van der Waals surface area contributed by atoms with Crippen molar-refractivity contribution in [2.75, 3.05) is 23.1 Å². The van der Waals surface area contributed by atoms with Gasteiger partial charge in [0.25, 0.3) is 0 Å². The number of hydrogen-bond donors (Lipinski definition) is 4. The lowest BCUT2D eigenvalue weighted by molar-refractivity contribution is 0.118. The third kappa shape index (κ3) is 5.24. The van der Waals surface area contributed by atoms with E-state index in [2.05, 4.69) is 51.5 Å². The van der Waals surface area contributed by atoms with Crippen LogP contribution < -0.4 is 21.5 Å². The largest absolute Gasteiger partial charge is 0.367 e. The maximum Gasteiger partial charge on any atom is 0.177 e. The minimum absolute atomic E-state index is 0.0645. The van der Waals surface area contributed by atoms with Gasteiger partial charge in [-0.3, -0.25) is 15.3 Å². The van der Waals surface area contributed by atoms with E-state index in [0.29, 0.717) is 35.4 Å². The Hall–Kier alpha value is -1.66.